The Hall–Kier alpha value is -1.67. The van der Waals surface area contributed by atoms with Crippen molar-refractivity contribution in [1.82, 2.24) is 0 Å². The average molecular weight is 326 g/mol. The smallest absolute Gasteiger partial charge is 0.186 e. The topological polar surface area (TPSA) is 156 Å². The highest BCUT2D eigenvalue weighted by atomic mass is 16.4. The van der Waals surface area contributed by atoms with Gasteiger partial charge in [0, 0.05) is 12.1 Å². The highest BCUT2D eigenvalue weighted by molar-refractivity contribution is 5.76. The van der Waals surface area contributed by atoms with Crippen LogP contribution >= 0.6 is 0 Å². The van der Waals surface area contributed by atoms with E-state index >= 15 is 0 Å². The second-order valence-electron chi connectivity index (χ2n) is 6.11. The van der Waals surface area contributed by atoms with Crippen molar-refractivity contribution in [3.8, 4) is 0 Å². The van der Waals surface area contributed by atoms with Crippen LogP contribution in [0, 0.1) is 11.8 Å². The molecule has 0 amide bonds. The van der Waals surface area contributed by atoms with Gasteiger partial charge >= 0.3 is 0 Å². The lowest BCUT2D eigenvalue weighted by Crippen LogP contribution is -2.64. The lowest BCUT2D eigenvalue weighted by Gasteiger charge is -2.41. The molecular formula is C15H30N6O2. The molecule has 8 nitrogen and oxygen atoms in total. The fraction of sp³-hybridized carbons (Fsp3) is 0.800. The zero-order valence-corrected chi connectivity index (χ0v) is 14.1. The molecule has 5 atom stereocenters. The van der Waals surface area contributed by atoms with Crippen LogP contribution in [0.1, 0.15) is 40.0 Å². The minimum atomic E-state index is -1.13. The number of aliphatic hydroxyl groups excluding tert-OH is 1. The van der Waals surface area contributed by atoms with E-state index in [0.29, 0.717) is 6.42 Å². The van der Waals surface area contributed by atoms with E-state index in [9.17, 15) is 5.11 Å². The molecule has 0 bridgehead atoms. The van der Waals surface area contributed by atoms with Crippen LogP contribution in [0.25, 0.3) is 0 Å². The number of rotatable bonds is 7. The molecule has 0 heterocycles. The molecule has 1 saturated carbocycles. The first kappa shape index (κ1) is 19.4. The number of hydrogen-bond acceptors (Lipinski definition) is 6. The van der Waals surface area contributed by atoms with Gasteiger partial charge < -0.3 is 27.5 Å². The molecule has 0 spiro atoms. The molecule has 1 aliphatic carbocycles. The minimum Gasteiger partial charge on any atom is -0.411 e. The van der Waals surface area contributed by atoms with Crippen molar-refractivity contribution in [1.29, 1.82) is 0 Å². The van der Waals surface area contributed by atoms with Crippen molar-refractivity contribution in [3.05, 3.63) is 0 Å². The van der Waals surface area contributed by atoms with Crippen LogP contribution < -0.4 is 17.2 Å². The van der Waals surface area contributed by atoms with E-state index < -0.39 is 23.6 Å². The number of nitrogens with zero attached hydrogens (tertiary/aromatic N) is 3. The SMILES string of the molecule is CC=NC(C(CC)CC)[C@]1(N)[C@H](O)[C@@H](/C=N/O)C[C@H]1N=C(N)N. The molecule has 0 aliphatic heterocycles. The van der Waals surface area contributed by atoms with Crippen LogP contribution in [0.2, 0.25) is 0 Å². The molecular weight excluding hydrogens is 296 g/mol. The standard InChI is InChI=1S/C15H30N6O2/c1-4-9(5-2)12(19-6-3)15(18)11(21-14(16)17)7-10(8-20-23)13(15)22/h6,8-13,22-23H,4-5,7,18H2,1-3H3,(H4,16,17,21)/b19-6?,20-8+/t10-,11-,12?,13-,15+/m1/s1. The molecule has 0 saturated heterocycles. The summed E-state index contributed by atoms with van der Waals surface area (Å²) in [6.07, 6.45) is 4.17. The quantitative estimate of drug-likeness (QED) is 0.194. The zero-order chi connectivity index (χ0) is 17.6. The Labute approximate surface area is 137 Å². The van der Waals surface area contributed by atoms with E-state index in [2.05, 4.69) is 29.0 Å². The summed E-state index contributed by atoms with van der Waals surface area (Å²) in [5.74, 6) is -0.322. The molecule has 132 valence electrons. The van der Waals surface area contributed by atoms with E-state index in [1.165, 1.54) is 6.21 Å². The highest BCUT2D eigenvalue weighted by Crippen LogP contribution is 2.41. The highest BCUT2D eigenvalue weighted by Gasteiger charge is 2.57. The Kier molecular flexibility index (Phi) is 6.96. The third-order valence-electron chi connectivity index (χ3n) is 4.87. The summed E-state index contributed by atoms with van der Waals surface area (Å²) in [4.78, 5) is 8.79. The second kappa shape index (κ2) is 8.26. The maximum absolute atomic E-state index is 10.8. The molecule has 0 aromatic carbocycles. The van der Waals surface area contributed by atoms with Crippen LogP contribution in [0.5, 0.6) is 0 Å². The van der Waals surface area contributed by atoms with Crippen molar-refractivity contribution < 1.29 is 10.3 Å². The van der Waals surface area contributed by atoms with Gasteiger partial charge in [-0.15, -0.1) is 5.16 Å². The van der Waals surface area contributed by atoms with Gasteiger partial charge in [0.25, 0.3) is 0 Å². The van der Waals surface area contributed by atoms with E-state index in [4.69, 9.17) is 22.4 Å². The van der Waals surface area contributed by atoms with Crippen LogP contribution in [-0.4, -0.2) is 52.4 Å². The van der Waals surface area contributed by atoms with Crippen LogP contribution in [-0.2, 0) is 0 Å². The fourth-order valence-corrected chi connectivity index (χ4v) is 3.66. The van der Waals surface area contributed by atoms with Gasteiger partial charge in [-0.1, -0.05) is 26.7 Å². The Bertz CT molecular complexity index is 459. The first-order valence-corrected chi connectivity index (χ1v) is 8.07. The maximum Gasteiger partial charge on any atom is 0.186 e. The molecule has 23 heavy (non-hydrogen) atoms. The van der Waals surface area contributed by atoms with Gasteiger partial charge in [0.1, 0.15) is 0 Å². The molecule has 1 rings (SSSR count). The monoisotopic (exact) mass is 326 g/mol. The van der Waals surface area contributed by atoms with Crippen molar-refractivity contribution in [2.45, 2.75) is 63.8 Å². The fourth-order valence-electron chi connectivity index (χ4n) is 3.66. The van der Waals surface area contributed by atoms with Gasteiger partial charge in [-0.05, 0) is 25.5 Å². The van der Waals surface area contributed by atoms with Crippen LogP contribution in [0.4, 0.5) is 0 Å². The molecule has 8 N–H and O–H groups in total. The Balaban J connectivity index is 3.38. The van der Waals surface area contributed by atoms with E-state index in [1.807, 2.05) is 6.92 Å². The molecule has 1 aliphatic rings. The van der Waals surface area contributed by atoms with Gasteiger partial charge in [0.2, 0.25) is 0 Å². The normalized spacial score (nSPS) is 32.9. The average Bonchev–Trinajstić information content (AvgIpc) is 2.73. The first-order valence-electron chi connectivity index (χ1n) is 8.07. The third-order valence-corrected chi connectivity index (χ3v) is 4.87. The number of guanidine groups is 1. The lowest BCUT2D eigenvalue weighted by atomic mass is 9.75. The number of hydrogen-bond donors (Lipinski definition) is 5. The van der Waals surface area contributed by atoms with Crippen LogP contribution in [0.3, 0.4) is 0 Å². The zero-order valence-electron chi connectivity index (χ0n) is 14.1. The van der Waals surface area contributed by atoms with E-state index in [-0.39, 0.29) is 17.9 Å². The molecule has 0 aromatic rings. The van der Waals surface area contributed by atoms with Gasteiger partial charge in [0.05, 0.1) is 23.7 Å². The Morgan fingerprint density at radius 2 is 1.96 bits per heavy atom. The number of aliphatic imine (C=N–C) groups is 2. The lowest BCUT2D eigenvalue weighted by molar-refractivity contribution is 0.0587. The van der Waals surface area contributed by atoms with Gasteiger partial charge in [0.15, 0.2) is 5.96 Å². The van der Waals surface area contributed by atoms with Crippen molar-refractivity contribution in [3.63, 3.8) is 0 Å². The molecule has 8 heteroatoms. The summed E-state index contributed by atoms with van der Waals surface area (Å²) in [6.45, 7) is 5.96. The Morgan fingerprint density at radius 1 is 1.35 bits per heavy atom. The van der Waals surface area contributed by atoms with Gasteiger partial charge in [-0.25, -0.2) is 4.99 Å². The molecule has 0 radical (unpaired) electrons. The summed E-state index contributed by atoms with van der Waals surface area (Å²) >= 11 is 0. The first-order chi connectivity index (χ1) is 10.9. The predicted molar refractivity (Wildman–Crippen MR) is 92.9 cm³/mol. The Morgan fingerprint density at radius 3 is 2.39 bits per heavy atom. The van der Waals surface area contributed by atoms with E-state index in [0.717, 1.165) is 12.8 Å². The predicted octanol–water partition coefficient (Wildman–Crippen LogP) is 0.0622. The molecule has 1 fully saturated rings. The summed E-state index contributed by atoms with van der Waals surface area (Å²) < 4.78 is 0. The molecule has 0 aromatic heterocycles. The molecule has 1 unspecified atom stereocenters. The van der Waals surface area contributed by atoms with Gasteiger partial charge in [-0.3, -0.25) is 4.99 Å². The summed E-state index contributed by atoms with van der Waals surface area (Å²) in [6, 6.07) is -0.831. The van der Waals surface area contributed by atoms with Crippen LogP contribution in [0.15, 0.2) is 15.1 Å². The second-order valence-corrected chi connectivity index (χ2v) is 6.11. The summed E-state index contributed by atoms with van der Waals surface area (Å²) in [5, 5.41) is 22.7. The number of aliphatic hydroxyl groups is 1. The number of nitrogens with two attached hydrogens (primary N) is 3. The summed E-state index contributed by atoms with van der Waals surface area (Å²) in [7, 11) is 0. The number of oxime groups is 1. The summed E-state index contributed by atoms with van der Waals surface area (Å²) in [5.41, 5.74) is 16.6. The van der Waals surface area contributed by atoms with Crippen molar-refractivity contribution in [2.75, 3.05) is 0 Å². The minimum absolute atomic E-state index is 0.0811. The van der Waals surface area contributed by atoms with Gasteiger partial charge in [-0.2, -0.15) is 0 Å². The van der Waals surface area contributed by atoms with E-state index in [1.54, 1.807) is 6.21 Å². The third kappa shape index (κ3) is 3.81. The van der Waals surface area contributed by atoms with Crippen molar-refractivity contribution in [2.24, 2.45) is 44.2 Å². The maximum atomic E-state index is 10.8. The largest absolute Gasteiger partial charge is 0.411 e. The van der Waals surface area contributed by atoms with Crippen molar-refractivity contribution >= 4 is 18.4 Å².